The van der Waals surface area contributed by atoms with Crippen LogP contribution in [0.3, 0.4) is 0 Å². The van der Waals surface area contributed by atoms with Gasteiger partial charge >= 0.3 is 6.03 Å². The third kappa shape index (κ3) is 5.98. The van der Waals surface area contributed by atoms with Crippen molar-refractivity contribution in [1.82, 2.24) is 0 Å². The minimum absolute atomic E-state index is 0.0741. The standard InChI is InChI=1S/C6H6O3S.CH4N2O/c7-10(8,9)6-4-2-1-3-5-6;2-1(3)4/h1-5H,(H,7,8,9);(H4,2,3,4). The summed E-state index contributed by atoms with van der Waals surface area (Å²) in [5.74, 6) is 0. The Balaban J connectivity index is 0.000000364. The van der Waals surface area contributed by atoms with Crippen molar-refractivity contribution in [3.05, 3.63) is 30.3 Å². The number of urea groups is 1. The highest BCUT2D eigenvalue weighted by Gasteiger charge is 2.05. The van der Waals surface area contributed by atoms with Crippen molar-refractivity contribution in [2.75, 3.05) is 0 Å². The van der Waals surface area contributed by atoms with Crippen LogP contribution in [0.1, 0.15) is 0 Å². The van der Waals surface area contributed by atoms with Crippen LogP contribution in [0.2, 0.25) is 0 Å². The Hall–Kier alpha value is -1.60. The lowest BCUT2D eigenvalue weighted by Crippen LogP contribution is -2.18. The molecule has 0 bridgehead atoms. The highest BCUT2D eigenvalue weighted by Crippen LogP contribution is 2.05. The van der Waals surface area contributed by atoms with Gasteiger partial charge in [0.2, 0.25) is 0 Å². The van der Waals surface area contributed by atoms with Crippen molar-refractivity contribution in [3.8, 4) is 0 Å². The van der Waals surface area contributed by atoms with Crippen molar-refractivity contribution >= 4 is 16.1 Å². The van der Waals surface area contributed by atoms with Crippen LogP contribution < -0.4 is 11.5 Å². The molecule has 0 radical (unpaired) electrons. The third-order valence-electron chi connectivity index (χ3n) is 1.04. The molecule has 0 heterocycles. The molecule has 6 nitrogen and oxygen atoms in total. The van der Waals surface area contributed by atoms with Gasteiger partial charge in [0.1, 0.15) is 0 Å². The van der Waals surface area contributed by atoms with Gasteiger partial charge < -0.3 is 11.5 Å². The molecule has 0 aliphatic heterocycles. The fourth-order valence-corrected chi connectivity index (χ4v) is 1.09. The first-order valence-electron chi connectivity index (χ1n) is 3.41. The van der Waals surface area contributed by atoms with Gasteiger partial charge in [-0.3, -0.25) is 4.55 Å². The van der Waals surface area contributed by atoms with Gasteiger partial charge in [0.25, 0.3) is 10.1 Å². The summed E-state index contributed by atoms with van der Waals surface area (Å²) in [6, 6.07) is 6.59. The van der Waals surface area contributed by atoms with E-state index in [1.165, 1.54) is 12.1 Å². The van der Waals surface area contributed by atoms with Gasteiger partial charge in [-0.05, 0) is 12.1 Å². The second-order valence-corrected chi connectivity index (χ2v) is 3.61. The molecule has 0 fully saturated rings. The largest absolute Gasteiger partial charge is 0.352 e. The summed E-state index contributed by atoms with van der Waals surface area (Å²) in [5, 5.41) is 0. The zero-order valence-corrected chi connectivity index (χ0v) is 7.94. The average molecular weight is 218 g/mol. The van der Waals surface area contributed by atoms with Crippen LogP contribution in [-0.4, -0.2) is 19.0 Å². The maximum Gasteiger partial charge on any atom is 0.309 e. The SMILES string of the molecule is NC(N)=O.O=S(=O)(O)c1ccccc1. The zero-order chi connectivity index (χ0) is 11.2. The number of primary amides is 2. The number of rotatable bonds is 1. The molecular weight excluding hydrogens is 208 g/mol. The van der Waals surface area contributed by atoms with E-state index in [1.807, 2.05) is 0 Å². The first kappa shape index (κ1) is 12.4. The fraction of sp³-hybridized carbons (Fsp3) is 0. The summed E-state index contributed by atoms with van der Waals surface area (Å²) in [6.07, 6.45) is 0. The molecule has 7 heteroatoms. The molecule has 0 spiro atoms. The van der Waals surface area contributed by atoms with Crippen LogP contribution in [0.4, 0.5) is 4.79 Å². The molecule has 0 saturated carbocycles. The lowest BCUT2D eigenvalue weighted by molar-refractivity contribution is 0.256. The number of benzene rings is 1. The molecule has 2 amide bonds. The minimum atomic E-state index is -4.00. The maximum absolute atomic E-state index is 10.4. The molecule has 0 aliphatic carbocycles. The molecule has 14 heavy (non-hydrogen) atoms. The Kier molecular flexibility index (Phi) is 4.60. The number of hydrogen-bond donors (Lipinski definition) is 3. The van der Waals surface area contributed by atoms with E-state index in [0.29, 0.717) is 0 Å². The molecule has 1 rings (SSSR count). The van der Waals surface area contributed by atoms with Gasteiger partial charge in [-0.1, -0.05) is 18.2 Å². The Morgan fingerprint density at radius 3 is 1.71 bits per heavy atom. The molecule has 0 saturated heterocycles. The van der Waals surface area contributed by atoms with Gasteiger partial charge in [0.15, 0.2) is 0 Å². The second kappa shape index (κ2) is 5.20. The summed E-state index contributed by atoms with van der Waals surface area (Å²) in [7, 11) is -4.00. The number of hydrogen-bond acceptors (Lipinski definition) is 3. The van der Waals surface area contributed by atoms with Gasteiger partial charge in [0, 0.05) is 0 Å². The maximum atomic E-state index is 10.4. The predicted octanol–water partition coefficient (Wildman–Crippen LogP) is -0.0429. The van der Waals surface area contributed by atoms with Crippen molar-refractivity contribution in [1.29, 1.82) is 0 Å². The zero-order valence-electron chi connectivity index (χ0n) is 7.12. The molecule has 0 atom stereocenters. The molecular formula is C7H10N2O4S. The Bertz CT molecular complexity index is 383. The lowest BCUT2D eigenvalue weighted by Gasteiger charge is -1.92. The summed E-state index contributed by atoms with van der Waals surface area (Å²) < 4.78 is 29.2. The molecule has 0 aromatic heterocycles. The van der Waals surface area contributed by atoms with Crippen molar-refractivity contribution in [2.45, 2.75) is 4.90 Å². The Labute approximate surface area is 81.3 Å². The van der Waals surface area contributed by atoms with E-state index in [2.05, 4.69) is 11.5 Å². The van der Waals surface area contributed by atoms with E-state index in [1.54, 1.807) is 18.2 Å². The normalized spacial score (nSPS) is 9.79. The van der Waals surface area contributed by atoms with Crippen LogP contribution in [0, 0.1) is 0 Å². The van der Waals surface area contributed by atoms with E-state index >= 15 is 0 Å². The number of carbonyl (C=O) groups is 1. The highest BCUT2D eigenvalue weighted by atomic mass is 32.2. The first-order valence-corrected chi connectivity index (χ1v) is 4.85. The van der Waals surface area contributed by atoms with E-state index in [0.717, 1.165) is 0 Å². The minimum Gasteiger partial charge on any atom is -0.352 e. The van der Waals surface area contributed by atoms with Crippen molar-refractivity contribution in [2.24, 2.45) is 11.5 Å². The van der Waals surface area contributed by atoms with Crippen LogP contribution in [0.5, 0.6) is 0 Å². The fourth-order valence-electron chi connectivity index (χ4n) is 0.592. The van der Waals surface area contributed by atoms with Crippen molar-refractivity contribution in [3.63, 3.8) is 0 Å². The molecule has 1 aromatic rings. The lowest BCUT2D eigenvalue weighted by atomic mass is 10.4. The molecule has 0 unspecified atom stereocenters. The summed E-state index contributed by atoms with van der Waals surface area (Å²) in [6.45, 7) is 0. The van der Waals surface area contributed by atoms with E-state index in [9.17, 15) is 8.42 Å². The van der Waals surface area contributed by atoms with Gasteiger partial charge in [-0.2, -0.15) is 8.42 Å². The van der Waals surface area contributed by atoms with Gasteiger partial charge in [0.05, 0.1) is 4.90 Å². The Morgan fingerprint density at radius 1 is 1.14 bits per heavy atom. The van der Waals surface area contributed by atoms with E-state index in [-0.39, 0.29) is 4.90 Å². The third-order valence-corrected chi connectivity index (χ3v) is 1.91. The summed E-state index contributed by atoms with van der Waals surface area (Å²) in [5.41, 5.74) is 8.50. The van der Waals surface area contributed by atoms with Crippen LogP contribution in [0.15, 0.2) is 35.2 Å². The first-order chi connectivity index (χ1) is 6.34. The summed E-state index contributed by atoms with van der Waals surface area (Å²) >= 11 is 0. The number of nitrogens with two attached hydrogens (primary N) is 2. The van der Waals surface area contributed by atoms with Crippen LogP contribution in [-0.2, 0) is 10.1 Å². The summed E-state index contributed by atoms with van der Waals surface area (Å²) in [4.78, 5) is 8.93. The van der Waals surface area contributed by atoms with E-state index in [4.69, 9.17) is 9.35 Å². The highest BCUT2D eigenvalue weighted by molar-refractivity contribution is 7.85. The topological polar surface area (TPSA) is 123 Å². The number of amides is 2. The van der Waals surface area contributed by atoms with Gasteiger partial charge in [-0.25, -0.2) is 4.79 Å². The van der Waals surface area contributed by atoms with Crippen molar-refractivity contribution < 1.29 is 17.8 Å². The van der Waals surface area contributed by atoms with Gasteiger partial charge in [-0.15, -0.1) is 0 Å². The van der Waals surface area contributed by atoms with Crippen LogP contribution in [0.25, 0.3) is 0 Å². The second-order valence-electron chi connectivity index (χ2n) is 2.19. The number of carbonyl (C=O) groups excluding carboxylic acids is 1. The smallest absolute Gasteiger partial charge is 0.309 e. The van der Waals surface area contributed by atoms with Crippen LogP contribution >= 0.6 is 0 Å². The monoisotopic (exact) mass is 218 g/mol. The predicted molar refractivity (Wildman–Crippen MR) is 50.0 cm³/mol. The quantitative estimate of drug-likeness (QED) is 0.572. The molecule has 78 valence electrons. The Morgan fingerprint density at radius 2 is 1.50 bits per heavy atom. The molecule has 1 aromatic carbocycles. The average Bonchev–Trinajstić information content (AvgIpc) is 2.03. The molecule has 5 N–H and O–H groups in total. The molecule has 0 aliphatic rings. The van der Waals surface area contributed by atoms with E-state index < -0.39 is 16.1 Å².